The van der Waals surface area contributed by atoms with Gasteiger partial charge in [0.2, 0.25) is 11.8 Å². The molecular weight excluding hydrogens is 528 g/mol. The van der Waals surface area contributed by atoms with Crippen LogP contribution in [0.1, 0.15) is 57.1 Å². The number of hydrogen-bond donors (Lipinski definition) is 2. The lowest BCUT2D eigenvalue weighted by molar-refractivity contribution is -0.162. The summed E-state index contributed by atoms with van der Waals surface area (Å²) in [7, 11) is 0. The summed E-state index contributed by atoms with van der Waals surface area (Å²) in [4.78, 5) is 44.6. The van der Waals surface area contributed by atoms with Crippen LogP contribution < -0.4 is 10.6 Å². The molecule has 2 atom stereocenters. The summed E-state index contributed by atoms with van der Waals surface area (Å²) in [6, 6.07) is 16.1. The molecule has 3 amide bonds. The number of piperidine rings is 1. The molecule has 0 aromatic heterocycles. The van der Waals surface area contributed by atoms with Gasteiger partial charge < -0.3 is 25.2 Å². The first-order chi connectivity index (χ1) is 19.4. The Morgan fingerprint density at radius 1 is 1.05 bits per heavy atom. The van der Waals surface area contributed by atoms with Crippen molar-refractivity contribution in [2.75, 3.05) is 26.2 Å². The van der Waals surface area contributed by atoms with E-state index in [1.165, 1.54) is 5.56 Å². The number of halogens is 1. The van der Waals surface area contributed by atoms with Gasteiger partial charge >= 0.3 is 6.09 Å². The molecule has 216 valence electrons. The van der Waals surface area contributed by atoms with Crippen molar-refractivity contribution in [2.24, 2.45) is 0 Å². The van der Waals surface area contributed by atoms with Crippen molar-refractivity contribution in [3.8, 4) is 0 Å². The Labute approximate surface area is 242 Å². The van der Waals surface area contributed by atoms with E-state index in [1.54, 1.807) is 17.0 Å². The van der Waals surface area contributed by atoms with Crippen LogP contribution in [0, 0.1) is 0 Å². The first-order valence-corrected chi connectivity index (χ1v) is 14.8. The number of ether oxygens (including phenoxy) is 1. The van der Waals surface area contributed by atoms with Gasteiger partial charge in [-0.2, -0.15) is 0 Å². The van der Waals surface area contributed by atoms with Gasteiger partial charge in [0.1, 0.15) is 18.2 Å². The quantitative estimate of drug-likeness (QED) is 0.415. The Hall–Kier alpha value is -3.10. The van der Waals surface area contributed by atoms with Gasteiger partial charge in [-0.1, -0.05) is 80.4 Å². The smallest absolute Gasteiger partial charge is 0.407 e. The third-order valence-corrected chi connectivity index (χ3v) is 8.44. The van der Waals surface area contributed by atoms with Crippen LogP contribution >= 0.6 is 11.6 Å². The molecule has 2 saturated heterocycles. The lowest BCUT2D eigenvalue weighted by Gasteiger charge is -2.52. The van der Waals surface area contributed by atoms with Crippen molar-refractivity contribution >= 4 is 29.5 Å². The summed E-state index contributed by atoms with van der Waals surface area (Å²) in [5.74, 6) is -0.260. The van der Waals surface area contributed by atoms with E-state index in [0.29, 0.717) is 36.4 Å². The standard InChI is InChI=1S/C31H41ClN4O4/c1-3-10-26(33-30(39)40-22-24-13-8-9-14-25(24)32)27-28(37)36(18-4-2)31(29(38)34-27)16-20-35(21-17-31)19-15-23-11-6-5-7-12-23/h5-9,11-14,26-27H,3-4,10,15-22H2,1-2H3,(H,33,39)(H,34,38)/t26-,27-/m0/s1. The molecule has 40 heavy (non-hydrogen) atoms. The molecule has 4 rings (SSSR count). The number of alkyl carbamates (subject to hydrolysis) is 1. The zero-order valence-electron chi connectivity index (χ0n) is 23.5. The molecule has 0 bridgehead atoms. The maximum atomic E-state index is 13.9. The van der Waals surface area contributed by atoms with Gasteiger partial charge in [0.15, 0.2) is 0 Å². The average Bonchev–Trinajstić information content (AvgIpc) is 2.97. The van der Waals surface area contributed by atoms with E-state index >= 15 is 0 Å². The van der Waals surface area contributed by atoms with Crippen LogP contribution in [0.15, 0.2) is 54.6 Å². The van der Waals surface area contributed by atoms with Crippen LogP contribution in [0.5, 0.6) is 0 Å². The maximum absolute atomic E-state index is 13.9. The topological polar surface area (TPSA) is 91.0 Å². The summed E-state index contributed by atoms with van der Waals surface area (Å²) >= 11 is 6.18. The Balaban J connectivity index is 1.40. The fourth-order valence-electron chi connectivity index (χ4n) is 5.82. The number of amides is 3. The molecule has 0 unspecified atom stereocenters. The monoisotopic (exact) mass is 568 g/mol. The van der Waals surface area contributed by atoms with Gasteiger partial charge in [0.25, 0.3) is 0 Å². The molecule has 2 N–H and O–H groups in total. The minimum atomic E-state index is -0.853. The summed E-state index contributed by atoms with van der Waals surface area (Å²) in [5, 5.41) is 6.38. The van der Waals surface area contributed by atoms with Gasteiger partial charge in [-0.3, -0.25) is 9.59 Å². The fourth-order valence-corrected chi connectivity index (χ4v) is 6.01. The van der Waals surface area contributed by atoms with Crippen molar-refractivity contribution < 1.29 is 19.1 Å². The predicted octanol–water partition coefficient (Wildman–Crippen LogP) is 4.55. The maximum Gasteiger partial charge on any atom is 0.407 e. The lowest BCUT2D eigenvalue weighted by atomic mass is 9.80. The summed E-state index contributed by atoms with van der Waals surface area (Å²) in [5.41, 5.74) is 1.14. The minimum Gasteiger partial charge on any atom is -0.445 e. The number of carbonyl (C=O) groups is 3. The Morgan fingerprint density at radius 2 is 1.75 bits per heavy atom. The van der Waals surface area contributed by atoms with Crippen LogP contribution in [0.25, 0.3) is 0 Å². The zero-order valence-corrected chi connectivity index (χ0v) is 24.3. The summed E-state index contributed by atoms with van der Waals surface area (Å²) in [6.07, 6.45) is 3.50. The van der Waals surface area contributed by atoms with Crippen LogP contribution in [0.3, 0.4) is 0 Å². The lowest BCUT2D eigenvalue weighted by Crippen LogP contribution is -2.75. The van der Waals surface area contributed by atoms with E-state index in [2.05, 4.69) is 39.8 Å². The predicted molar refractivity (Wildman–Crippen MR) is 156 cm³/mol. The van der Waals surface area contributed by atoms with Gasteiger partial charge in [-0.15, -0.1) is 0 Å². The number of nitrogens with zero attached hydrogens (tertiary/aromatic N) is 2. The second-order valence-electron chi connectivity index (χ2n) is 10.8. The zero-order chi connectivity index (χ0) is 28.5. The molecule has 0 aliphatic carbocycles. The van der Waals surface area contributed by atoms with E-state index in [0.717, 1.165) is 38.9 Å². The van der Waals surface area contributed by atoms with Crippen LogP contribution in [-0.2, 0) is 27.4 Å². The van der Waals surface area contributed by atoms with E-state index in [-0.39, 0.29) is 18.4 Å². The highest BCUT2D eigenvalue weighted by Gasteiger charge is 2.54. The van der Waals surface area contributed by atoms with Gasteiger partial charge in [0.05, 0.1) is 6.04 Å². The normalized spacial score (nSPS) is 19.8. The number of piperazine rings is 1. The third-order valence-electron chi connectivity index (χ3n) is 8.07. The van der Waals surface area contributed by atoms with E-state index in [1.807, 2.05) is 32.0 Å². The fraction of sp³-hybridized carbons (Fsp3) is 0.516. The van der Waals surface area contributed by atoms with E-state index in [9.17, 15) is 14.4 Å². The highest BCUT2D eigenvalue weighted by molar-refractivity contribution is 6.31. The highest BCUT2D eigenvalue weighted by Crippen LogP contribution is 2.34. The second kappa shape index (κ2) is 14.0. The summed E-state index contributed by atoms with van der Waals surface area (Å²) < 4.78 is 5.41. The molecule has 0 radical (unpaired) electrons. The van der Waals surface area contributed by atoms with Crippen molar-refractivity contribution in [1.29, 1.82) is 0 Å². The summed E-state index contributed by atoms with van der Waals surface area (Å²) in [6.45, 7) is 6.95. The van der Waals surface area contributed by atoms with Crippen LogP contribution in [0.4, 0.5) is 4.79 Å². The van der Waals surface area contributed by atoms with E-state index in [4.69, 9.17) is 16.3 Å². The molecule has 2 aliphatic heterocycles. The molecule has 9 heteroatoms. The number of carbonyl (C=O) groups excluding carboxylic acids is 3. The Morgan fingerprint density at radius 3 is 2.42 bits per heavy atom. The molecule has 8 nitrogen and oxygen atoms in total. The largest absolute Gasteiger partial charge is 0.445 e. The van der Waals surface area contributed by atoms with Gasteiger partial charge in [-0.25, -0.2) is 4.79 Å². The number of nitrogens with one attached hydrogen (secondary N) is 2. The molecule has 2 aliphatic rings. The number of likely N-dealkylation sites (tertiary alicyclic amines) is 1. The van der Waals surface area contributed by atoms with Crippen LogP contribution in [-0.4, -0.2) is 71.5 Å². The van der Waals surface area contributed by atoms with E-state index < -0.39 is 23.7 Å². The highest BCUT2D eigenvalue weighted by atomic mass is 35.5. The van der Waals surface area contributed by atoms with Crippen molar-refractivity contribution in [3.63, 3.8) is 0 Å². The molecule has 1 spiro atoms. The SMILES string of the molecule is CCC[C@H](NC(=O)OCc1ccccc1Cl)[C@@H]1NC(=O)C2(CCN(CCc3ccccc3)CC2)N(CCC)C1=O. The minimum absolute atomic E-state index is 0.0150. The third kappa shape index (κ3) is 6.96. The molecule has 2 aromatic carbocycles. The molecular formula is C31H41ClN4O4. The van der Waals surface area contributed by atoms with Crippen molar-refractivity contribution in [2.45, 2.75) is 76.6 Å². The Kier molecular flexibility index (Phi) is 10.5. The number of benzene rings is 2. The van der Waals surface area contributed by atoms with Crippen LogP contribution in [0.2, 0.25) is 5.02 Å². The molecule has 2 fully saturated rings. The van der Waals surface area contributed by atoms with Gasteiger partial charge in [-0.05, 0) is 43.7 Å². The first-order valence-electron chi connectivity index (χ1n) is 14.4. The number of rotatable bonds is 11. The van der Waals surface area contributed by atoms with Crippen molar-refractivity contribution in [1.82, 2.24) is 20.4 Å². The average molecular weight is 569 g/mol. The Bertz CT molecular complexity index is 1150. The molecule has 2 heterocycles. The van der Waals surface area contributed by atoms with Gasteiger partial charge in [0, 0.05) is 36.8 Å². The first kappa shape index (κ1) is 29.9. The molecule has 2 aromatic rings. The van der Waals surface area contributed by atoms with Crippen molar-refractivity contribution in [3.05, 3.63) is 70.7 Å². The second-order valence-corrected chi connectivity index (χ2v) is 11.2. The number of hydrogen-bond acceptors (Lipinski definition) is 5. The molecule has 0 saturated carbocycles.